The lowest BCUT2D eigenvalue weighted by molar-refractivity contribution is 0.0508. The first kappa shape index (κ1) is 11.6. The van der Waals surface area contributed by atoms with Crippen LogP contribution < -0.4 is 5.32 Å². The first-order valence-electron chi connectivity index (χ1n) is 4.32. The van der Waals surface area contributed by atoms with Crippen molar-refractivity contribution in [2.75, 3.05) is 0 Å². The molecule has 0 aliphatic carbocycles. The molecule has 15 heavy (non-hydrogen) atoms. The van der Waals surface area contributed by atoms with E-state index >= 15 is 0 Å². The Balaban J connectivity index is 2.50. The fraction of sp³-hybridized carbons (Fsp3) is 0.444. The van der Waals surface area contributed by atoms with Gasteiger partial charge in [-0.05, 0) is 20.8 Å². The summed E-state index contributed by atoms with van der Waals surface area (Å²) < 4.78 is 4.91. The number of hydrogen-bond acceptors (Lipinski definition) is 5. The second-order valence-electron chi connectivity index (χ2n) is 3.79. The summed E-state index contributed by atoms with van der Waals surface area (Å²) in [6.07, 6.45) is 0.733. The Hall–Kier alpha value is -1.43. The highest BCUT2D eigenvalue weighted by Crippen LogP contribution is 2.07. The van der Waals surface area contributed by atoms with E-state index in [1.54, 1.807) is 26.2 Å². The van der Waals surface area contributed by atoms with E-state index in [0.29, 0.717) is 0 Å². The summed E-state index contributed by atoms with van der Waals surface area (Å²) in [5.74, 6) is -0.542. The van der Waals surface area contributed by atoms with E-state index in [1.807, 2.05) is 0 Å². The van der Waals surface area contributed by atoms with Crippen LogP contribution in [-0.2, 0) is 4.74 Å². The third kappa shape index (κ3) is 4.07. The Labute approximate surface area is 91.5 Å². The van der Waals surface area contributed by atoms with Gasteiger partial charge in [0.25, 0.3) is 5.91 Å². The molecule has 0 bridgehead atoms. The van der Waals surface area contributed by atoms with Crippen molar-refractivity contribution in [3.05, 3.63) is 16.6 Å². The molecule has 82 valence electrons. The summed E-state index contributed by atoms with van der Waals surface area (Å²) in [6.45, 7) is 5.17. The van der Waals surface area contributed by atoms with Crippen LogP contribution in [0.2, 0.25) is 0 Å². The lowest BCUT2D eigenvalue weighted by Gasteiger charge is -2.18. The number of amides is 2. The molecule has 6 heteroatoms. The normalized spacial score (nSPS) is 10.9. The van der Waals surface area contributed by atoms with Crippen LogP contribution in [0.4, 0.5) is 4.79 Å². The highest BCUT2D eigenvalue weighted by Gasteiger charge is 2.19. The van der Waals surface area contributed by atoms with Crippen molar-refractivity contribution in [3.63, 3.8) is 0 Å². The molecule has 0 aliphatic heterocycles. The van der Waals surface area contributed by atoms with Crippen LogP contribution in [0.3, 0.4) is 0 Å². The zero-order chi connectivity index (χ0) is 11.5. The zero-order valence-electron chi connectivity index (χ0n) is 8.73. The van der Waals surface area contributed by atoms with Crippen molar-refractivity contribution in [2.45, 2.75) is 26.4 Å². The van der Waals surface area contributed by atoms with Crippen LogP contribution in [0.5, 0.6) is 0 Å². The quantitative estimate of drug-likeness (QED) is 0.795. The molecule has 0 atom stereocenters. The Morgan fingerprint density at radius 1 is 1.47 bits per heavy atom. The molecule has 1 aromatic rings. The standard InChI is InChI=1S/C9H12N2O3S/c1-9(2,3)14-8(13)11-6(12)7-10-4-5-15-7/h4-5H,1-3H3,(H,11,12,13). The predicted octanol–water partition coefficient (Wildman–Crippen LogP) is 1.81. The van der Waals surface area contributed by atoms with Gasteiger partial charge in [0.05, 0.1) is 0 Å². The summed E-state index contributed by atoms with van der Waals surface area (Å²) in [6, 6.07) is 0. The van der Waals surface area contributed by atoms with Crippen LogP contribution >= 0.6 is 11.3 Å². The van der Waals surface area contributed by atoms with E-state index in [2.05, 4.69) is 10.3 Å². The Bertz CT molecular complexity index is 354. The van der Waals surface area contributed by atoms with Gasteiger partial charge in [0.1, 0.15) is 5.60 Å². The third-order valence-electron chi connectivity index (χ3n) is 1.24. The first-order valence-corrected chi connectivity index (χ1v) is 5.20. The number of imide groups is 1. The Morgan fingerprint density at radius 3 is 2.60 bits per heavy atom. The summed E-state index contributed by atoms with van der Waals surface area (Å²) in [5.41, 5.74) is -0.618. The molecule has 2 amide bonds. The van der Waals surface area contributed by atoms with Crippen molar-refractivity contribution in [3.8, 4) is 0 Å². The van der Waals surface area contributed by atoms with Crippen LogP contribution in [0, 0.1) is 0 Å². The second kappa shape index (κ2) is 4.39. The van der Waals surface area contributed by atoms with Gasteiger partial charge in [-0.3, -0.25) is 10.1 Å². The molecule has 1 N–H and O–H groups in total. The molecule has 5 nitrogen and oxygen atoms in total. The number of rotatable bonds is 1. The summed E-state index contributed by atoms with van der Waals surface area (Å²) in [5, 5.41) is 3.98. The average molecular weight is 228 g/mol. The van der Waals surface area contributed by atoms with Crippen molar-refractivity contribution in [2.24, 2.45) is 0 Å². The first-order chi connectivity index (χ1) is 6.88. The van der Waals surface area contributed by atoms with Crippen molar-refractivity contribution in [1.82, 2.24) is 10.3 Å². The number of ether oxygens (including phenoxy) is 1. The lowest BCUT2D eigenvalue weighted by atomic mass is 10.2. The summed E-state index contributed by atoms with van der Waals surface area (Å²) >= 11 is 1.16. The van der Waals surface area contributed by atoms with E-state index in [4.69, 9.17) is 4.74 Å². The van der Waals surface area contributed by atoms with Gasteiger partial charge in [-0.25, -0.2) is 9.78 Å². The largest absolute Gasteiger partial charge is 0.444 e. The smallest absolute Gasteiger partial charge is 0.414 e. The highest BCUT2D eigenvalue weighted by atomic mass is 32.1. The predicted molar refractivity (Wildman–Crippen MR) is 55.8 cm³/mol. The molecule has 1 aromatic heterocycles. The molecule has 0 spiro atoms. The molecule has 1 rings (SSSR count). The Morgan fingerprint density at radius 2 is 2.13 bits per heavy atom. The molecule has 0 saturated heterocycles. The van der Waals surface area contributed by atoms with E-state index in [9.17, 15) is 9.59 Å². The molecular weight excluding hydrogens is 216 g/mol. The van der Waals surface area contributed by atoms with Crippen LogP contribution in [-0.4, -0.2) is 22.6 Å². The van der Waals surface area contributed by atoms with E-state index < -0.39 is 17.6 Å². The monoisotopic (exact) mass is 228 g/mol. The minimum atomic E-state index is -0.761. The summed E-state index contributed by atoms with van der Waals surface area (Å²) in [7, 11) is 0. The van der Waals surface area contributed by atoms with Gasteiger partial charge < -0.3 is 4.74 Å². The van der Waals surface area contributed by atoms with Gasteiger partial charge >= 0.3 is 6.09 Å². The molecule has 0 saturated carbocycles. The number of nitrogens with zero attached hydrogens (tertiary/aromatic N) is 1. The number of alkyl carbamates (subject to hydrolysis) is 1. The topological polar surface area (TPSA) is 68.3 Å². The van der Waals surface area contributed by atoms with Crippen molar-refractivity contribution >= 4 is 23.3 Å². The van der Waals surface area contributed by atoms with Crippen LogP contribution in [0.15, 0.2) is 11.6 Å². The maximum absolute atomic E-state index is 11.3. The van der Waals surface area contributed by atoms with E-state index in [0.717, 1.165) is 11.3 Å². The van der Waals surface area contributed by atoms with Gasteiger partial charge in [0, 0.05) is 11.6 Å². The average Bonchev–Trinajstić information content (AvgIpc) is 2.50. The number of nitrogens with one attached hydrogen (secondary N) is 1. The molecule has 0 radical (unpaired) electrons. The maximum atomic E-state index is 11.3. The van der Waals surface area contributed by atoms with Gasteiger partial charge in [-0.15, -0.1) is 11.3 Å². The molecule has 0 unspecified atom stereocenters. The zero-order valence-corrected chi connectivity index (χ0v) is 9.55. The molecule has 1 heterocycles. The molecular formula is C9H12N2O3S. The third-order valence-corrected chi connectivity index (χ3v) is 2.01. The second-order valence-corrected chi connectivity index (χ2v) is 4.69. The van der Waals surface area contributed by atoms with Crippen molar-refractivity contribution in [1.29, 1.82) is 0 Å². The Kier molecular flexibility index (Phi) is 3.41. The number of thiazole rings is 1. The minimum absolute atomic E-state index is 0.237. The van der Waals surface area contributed by atoms with Gasteiger partial charge in [0.2, 0.25) is 0 Å². The fourth-order valence-electron chi connectivity index (χ4n) is 0.785. The molecule has 0 aliphatic rings. The van der Waals surface area contributed by atoms with Gasteiger partial charge in [-0.2, -0.15) is 0 Å². The molecule has 0 aromatic carbocycles. The lowest BCUT2D eigenvalue weighted by Crippen LogP contribution is -2.36. The highest BCUT2D eigenvalue weighted by molar-refractivity contribution is 7.11. The van der Waals surface area contributed by atoms with E-state index in [-0.39, 0.29) is 5.01 Å². The molecule has 0 fully saturated rings. The SMILES string of the molecule is CC(C)(C)OC(=O)NC(=O)c1nccs1. The van der Waals surface area contributed by atoms with E-state index in [1.165, 1.54) is 6.20 Å². The van der Waals surface area contributed by atoms with Gasteiger partial charge in [0.15, 0.2) is 5.01 Å². The number of aromatic nitrogens is 1. The van der Waals surface area contributed by atoms with Gasteiger partial charge in [-0.1, -0.05) is 0 Å². The number of carbonyl (C=O) groups is 2. The van der Waals surface area contributed by atoms with Crippen molar-refractivity contribution < 1.29 is 14.3 Å². The number of carbonyl (C=O) groups excluding carboxylic acids is 2. The minimum Gasteiger partial charge on any atom is -0.444 e. The van der Waals surface area contributed by atoms with Crippen LogP contribution in [0.1, 0.15) is 30.6 Å². The maximum Gasteiger partial charge on any atom is 0.414 e. The number of hydrogen-bond donors (Lipinski definition) is 1. The summed E-state index contributed by atoms with van der Waals surface area (Å²) in [4.78, 5) is 26.3. The fourth-order valence-corrected chi connectivity index (χ4v) is 1.32. The van der Waals surface area contributed by atoms with Crippen LogP contribution in [0.25, 0.3) is 0 Å².